The summed E-state index contributed by atoms with van der Waals surface area (Å²) in [6, 6.07) is 10.5. The zero-order valence-corrected chi connectivity index (χ0v) is 15.3. The average Bonchev–Trinajstić information content (AvgIpc) is 3.21. The molecule has 1 aliphatic heterocycles. The second kappa shape index (κ2) is 7.65. The Balaban J connectivity index is 1.34. The van der Waals surface area contributed by atoms with Crippen LogP contribution in [0.1, 0.15) is 11.1 Å². The number of β-amino-alcohol motifs (C(OH)–C–C–N with tert-alkyl or cyclic N) is 1. The van der Waals surface area contributed by atoms with Crippen LogP contribution in [0.4, 0.5) is 5.82 Å². The van der Waals surface area contributed by atoms with Gasteiger partial charge in [-0.3, -0.25) is 4.90 Å². The molecule has 4 N–H and O–H groups in total. The number of likely N-dealkylation sites (tertiary alicyclic amines) is 1. The molecule has 2 atom stereocenters. The molecule has 1 aliphatic rings. The Bertz CT molecular complexity index is 869. The predicted octanol–water partition coefficient (Wildman–Crippen LogP) is 2.27. The Morgan fingerprint density at radius 3 is 2.92 bits per heavy atom. The first-order valence-electron chi connectivity index (χ1n) is 8.79. The monoisotopic (exact) mass is 369 g/mol. The summed E-state index contributed by atoms with van der Waals surface area (Å²) in [4.78, 5) is 13.8. The van der Waals surface area contributed by atoms with Gasteiger partial charge in [0.25, 0.3) is 0 Å². The molecule has 3 aromatic rings. The van der Waals surface area contributed by atoms with Crippen molar-refractivity contribution in [2.75, 3.05) is 24.6 Å². The van der Waals surface area contributed by atoms with Crippen molar-refractivity contribution in [3.05, 3.63) is 54.0 Å². The highest BCUT2D eigenvalue weighted by Gasteiger charge is 2.31. The van der Waals surface area contributed by atoms with E-state index in [0.717, 1.165) is 41.2 Å². The van der Waals surface area contributed by atoms with Crippen molar-refractivity contribution >= 4 is 28.6 Å². The van der Waals surface area contributed by atoms with Gasteiger partial charge in [-0.2, -0.15) is 11.8 Å². The summed E-state index contributed by atoms with van der Waals surface area (Å²) in [5.74, 6) is 2.73. The second-order valence-corrected chi connectivity index (χ2v) is 7.85. The number of benzene rings is 1. The van der Waals surface area contributed by atoms with Crippen LogP contribution in [-0.2, 0) is 12.3 Å². The highest BCUT2D eigenvalue weighted by Crippen LogP contribution is 2.27. The summed E-state index contributed by atoms with van der Waals surface area (Å²) < 4.78 is 0. The van der Waals surface area contributed by atoms with E-state index in [2.05, 4.69) is 44.1 Å². The third-order valence-electron chi connectivity index (χ3n) is 4.89. The molecule has 0 radical (unpaired) electrons. The molecular weight excluding hydrogens is 346 g/mol. The molecule has 6 nitrogen and oxygen atoms in total. The standard InChI is InChI=1S/C19H23N5OS/c20-19-18-17(22-12-23-19)14(6-21-18)7-24-8-15(16(25)9-24)11-26-10-13-4-2-1-3-5-13/h1-6,12,15-16,21,25H,7-11H2,(H2,20,22,23)/t15-,16-/m1/s1. The maximum absolute atomic E-state index is 10.4. The van der Waals surface area contributed by atoms with Crippen LogP contribution in [-0.4, -0.2) is 49.9 Å². The molecular formula is C19H23N5OS. The number of hydrogen-bond donors (Lipinski definition) is 3. The topological polar surface area (TPSA) is 91.1 Å². The molecule has 1 fully saturated rings. The average molecular weight is 369 g/mol. The van der Waals surface area contributed by atoms with Gasteiger partial charge in [0.2, 0.25) is 0 Å². The minimum Gasteiger partial charge on any atom is -0.391 e. The minimum atomic E-state index is -0.275. The van der Waals surface area contributed by atoms with Crippen LogP contribution in [0.15, 0.2) is 42.9 Å². The number of thioether (sulfide) groups is 1. The number of nitrogens with zero attached hydrogens (tertiary/aromatic N) is 3. The third-order valence-corrected chi connectivity index (χ3v) is 6.09. The van der Waals surface area contributed by atoms with E-state index in [1.54, 1.807) is 0 Å². The normalized spacial score (nSPS) is 20.8. The molecule has 0 spiro atoms. The lowest BCUT2D eigenvalue weighted by Crippen LogP contribution is -2.21. The number of nitrogen functional groups attached to an aromatic ring is 1. The number of aromatic nitrogens is 3. The number of rotatable bonds is 6. The summed E-state index contributed by atoms with van der Waals surface area (Å²) in [5.41, 5.74) is 9.97. The number of nitrogens with two attached hydrogens (primary N) is 1. The van der Waals surface area contributed by atoms with Crippen molar-refractivity contribution < 1.29 is 5.11 Å². The van der Waals surface area contributed by atoms with Gasteiger partial charge in [0, 0.05) is 48.8 Å². The van der Waals surface area contributed by atoms with Crippen LogP contribution in [0.5, 0.6) is 0 Å². The molecule has 1 saturated heterocycles. The molecule has 3 heterocycles. The van der Waals surface area contributed by atoms with E-state index >= 15 is 0 Å². The Morgan fingerprint density at radius 2 is 2.08 bits per heavy atom. The highest BCUT2D eigenvalue weighted by molar-refractivity contribution is 7.98. The zero-order valence-electron chi connectivity index (χ0n) is 14.5. The smallest absolute Gasteiger partial charge is 0.151 e. The fourth-order valence-electron chi connectivity index (χ4n) is 3.51. The molecule has 2 aromatic heterocycles. The quantitative estimate of drug-likeness (QED) is 0.617. The largest absolute Gasteiger partial charge is 0.391 e. The van der Waals surface area contributed by atoms with Gasteiger partial charge < -0.3 is 15.8 Å². The Hall–Kier alpha value is -2.09. The van der Waals surface area contributed by atoms with Crippen LogP contribution in [0, 0.1) is 5.92 Å². The lowest BCUT2D eigenvalue weighted by atomic mass is 10.1. The number of hydrogen-bond acceptors (Lipinski definition) is 6. The van der Waals surface area contributed by atoms with Crippen molar-refractivity contribution in [3.8, 4) is 0 Å². The minimum absolute atomic E-state index is 0.275. The molecule has 0 saturated carbocycles. The van der Waals surface area contributed by atoms with E-state index in [1.807, 2.05) is 24.0 Å². The van der Waals surface area contributed by atoms with Crippen LogP contribution >= 0.6 is 11.8 Å². The fraction of sp³-hybridized carbons (Fsp3) is 0.368. The molecule has 1 aromatic carbocycles. The van der Waals surface area contributed by atoms with Gasteiger partial charge in [0.05, 0.1) is 11.6 Å². The van der Waals surface area contributed by atoms with Crippen LogP contribution in [0.25, 0.3) is 11.0 Å². The Labute approximate surface area is 156 Å². The number of nitrogens with one attached hydrogen (secondary N) is 1. The molecule has 4 rings (SSSR count). The Morgan fingerprint density at radius 1 is 1.23 bits per heavy atom. The molecule has 0 bridgehead atoms. The lowest BCUT2D eigenvalue weighted by Gasteiger charge is -2.15. The van der Waals surface area contributed by atoms with Crippen LogP contribution in [0.2, 0.25) is 0 Å². The number of H-pyrrole nitrogens is 1. The second-order valence-electron chi connectivity index (χ2n) is 6.82. The first-order chi connectivity index (χ1) is 12.7. The van der Waals surface area contributed by atoms with Crippen molar-refractivity contribution in [3.63, 3.8) is 0 Å². The van der Waals surface area contributed by atoms with Crippen molar-refractivity contribution in [2.45, 2.75) is 18.4 Å². The van der Waals surface area contributed by atoms with Crippen LogP contribution < -0.4 is 5.73 Å². The SMILES string of the molecule is Nc1ncnc2c(CN3C[C@H](CSCc4ccccc4)[C@H](O)C3)c[nH]c12. The fourth-order valence-corrected chi connectivity index (χ4v) is 4.69. The summed E-state index contributed by atoms with van der Waals surface area (Å²) in [7, 11) is 0. The van der Waals surface area contributed by atoms with E-state index in [1.165, 1.54) is 11.9 Å². The number of fused-ring (bicyclic) bond motifs is 1. The summed E-state index contributed by atoms with van der Waals surface area (Å²) in [6.07, 6.45) is 3.17. The number of aliphatic hydroxyl groups is 1. The maximum atomic E-state index is 10.4. The molecule has 136 valence electrons. The first-order valence-corrected chi connectivity index (χ1v) is 9.94. The van der Waals surface area contributed by atoms with E-state index in [0.29, 0.717) is 18.3 Å². The molecule has 0 unspecified atom stereocenters. The van der Waals surface area contributed by atoms with Crippen molar-refractivity contribution in [2.24, 2.45) is 5.92 Å². The van der Waals surface area contributed by atoms with Gasteiger partial charge in [-0.25, -0.2) is 9.97 Å². The number of anilines is 1. The molecule has 26 heavy (non-hydrogen) atoms. The van der Waals surface area contributed by atoms with Gasteiger partial charge in [-0.1, -0.05) is 30.3 Å². The van der Waals surface area contributed by atoms with Gasteiger partial charge in [-0.15, -0.1) is 0 Å². The van der Waals surface area contributed by atoms with E-state index in [-0.39, 0.29) is 6.10 Å². The van der Waals surface area contributed by atoms with Gasteiger partial charge in [0.1, 0.15) is 11.8 Å². The van der Waals surface area contributed by atoms with E-state index in [4.69, 9.17) is 5.73 Å². The van der Waals surface area contributed by atoms with Crippen molar-refractivity contribution in [1.29, 1.82) is 0 Å². The predicted molar refractivity (Wildman–Crippen MR) is 106 cm³/mol. The van der Waals surface area contributed by atoms with Crippen LogP contribution in [0.3, 0.4) is 0 Å². The third kappa shape index (κ3) is 3.70. The number of aliphatic hydroxyl groups excluding tert-OH is 1. The molecule has 0 aliphatic carbocycles. The van der Waals surface area contributed by atoms with Gasteiger partial charge in [0.15, 0.2) is 5.82 Å². The Kier molecular flexibility index (Phi) is 5.10. The van der Waals surface area contributed by atoms with Gasteiger partial charge in [-0.05, 0) is 5.56 Å². The summed E-state index contributed by atoms with van der Waals surface area (Å²) >= 11 is 1.89. The van der Waals surface area contributed by atoms with Crippen molar-refractivity contribution in [1.82, 2.24) is 19.9 Å². The highest BCUT2D eigenvalue weighted by atomic mass is 32.2. The van der Waals surface area contributed by atoms with E-state index in [9.17, 15) is 5.11 Å². The zero-order chi connectivity index (χ0) is 17.9. The first kappa shape index (κ1) is 17.3. The van der Waals surface area contributed by atoms with E-state index < -0.39 is 0 Å². The lowest BCUT2D eigenvalue weighted by molar-refractivity contribution is 0.149. The van der Waals surface area contributed by atoms with Gasteiger partial charge >= 0.3 is 0 Å². The molecule has 7 heteroatoms. The summed E-state index contributed by atoms with van der Waals surface area (Å²) in [5, 5.41) is 10.4. The summed E-state index contributed by atoms with van der Waals surface area (Å²) in [6.45, 7) is 2.35. The molecule has 0 amide bonds. The maximum Gasteiger partial charge on any atom is 0.151 e. The number of aromatic amines is 1.